The van der Waals surface area contributed by atoms with Crippen molar-refractivity contribution in [3.8, 4) is 0 Å². The van der Waals surface area contributed by atoms with E-state index in [2.05, 4.69) is 15.1 Å². The van der Waals surface area contributed by atoms with Crippen molar-refractivity contribution in [2.45, 2.75) is 6.92 Å². The number of benzene rings is 3. The number of rotatable bonds is 9. The number of nitro groups is 1. The number of esters is 1. The normalized spacial score (nSPS) is 10.7. The third kappa shape index (κ3) is 6.20. The Bertz CT molecular complexity index is 1040. The molecule has 0 radical (unpaired) electrons. The van der Waals surface area contributed by atoms with Gasteiger partial charge in [-0.15, -0.1) is 0 Å². The van der Waals surface area contributed by atoms with Crippen LogP contribution in [0.4, 0.5) is 22.7 Å². The topological polar surface area (TPSA) is 97.4 Å². The van der Waals surface area contributed by atoms with Crippen LogP contribution in [0.5, 0.6) is 0 Å². The van der Waals surface area contributed by atoms with Gasteiger partial charge in [-0.25, -0.2) is 4.79 Å². The molecular weight excluding hydrogens is 396 g/mol. The van der Waals surface area contributed by atoms with Crippen molar-refractivity contribution in [2.24, 2.45) is 10.2 Å². The standard InChI is InChI=1S/C23H22N4O4/c1-2-26(16-17-31-23(28)18-6-4-3-5-7-18)21-12-8-19(9-13-21)24-25-20-10-14-22(15-11-20)27(29)30/h3-15H,2,16-17H2,1H3/b25-24+. The minimum Gasteiger partial charge on any atom is -0.460 e. The van der Waals surface area contributed by atoms with Crippen LogP contribution >= 0.6 is 0 Å². The maximum Gasteiger partial charge on any atom is 0.338 e. The van der Waals surface area contributed by atoms with Crippen LogP contribution in [0.1, 0.15) is 17.3 Å². The van der Waals surface area contributed by atoms with E-state index in [9.17, 15) is 14.9 Å². The minimum absolute atomic E-state index is 0.0115. The molecule has 0 unspecified atom stereocenters. The van der Waals surface area contributed by atoms with E-state index in [1.165, 1.54) is 12.1 Å². The van der Waals surface area contributed by atoms with E-state index in [0.717, 1.165) is 12.2 Å². The van der Waals surface area contributed by atoms with Gasteiger partial charge in [0.1, 0.15) is 6.61 Å². The number of carbonyl (C=O) groups is 1. The van der Waals surface area contributed by atoms with Crippen LogP contribution in [-0.4, -0.2) is 30.6 Å². The molecule has 3 rings (SSSR count). The van der Waals surface area contributed by atoms with Crippen LogP contribution < -0.4 is 4.90 Å². The highest BCUT2D eigenvalue weighted by molar-refractivity contribution is 5.89. The molecule has 0 fully saturated rings. The number of carbonyl (C=O) groups excluding carboxylic acids is 1. The summed E-state index contributed by atoms with van der Waals surface area (Å²) in [4.78, 5) is 24.4. The first kappa shape index (κ1) is 21.6. The fraction of sp³-hybridized carbons (Fsp3) is 0.174. The van der Waals surface area contributed by atoms with E-state index in [0.29, 0.717) is 23.5 Å². The van der Waals surface area contributed by atoms with Crippen molar-refractivity contribution in [3.05, 3.63) is 94.5 Å². The number of nitro benzene ring substituents is 1. The first-order chi connectivity index (χ1) is 15.1. The average molecular weight is 418 g/mol. The minimum atomic E-state index is -0.457. The van der Waals surface area contributed by atoms with Crippen LogP contribution in [0.2, 0.25) is 0 Å². The number of anilines is 1. The van der Waals surface area contributed by atoms with E-state index in [-0.39, 0.29) is 18.3 Å². The summed E-state index contributed by atoms with van der Waals surface area (Å²) in [6.45, 7) is 3.63. The van der Waals surface area contributed by atoms with Crippen LogP contribution in [0, 0.1) is 10.1 Å². The summed E-state index contributed by atoms with van der Waals surface area (Å²) < 4.78 is 5.36. The summed E-state index contributed by atoms with van der Waals surface area (Å²) in [5.41, 5.74) is 2.72. The van der Waals surface area contributed by atoms with Crippen molar-refractivity contribution in [1.82, 2.24) is 0 Å². The summed E-state index contributed by atoms with van der Waals surface area (Å²) in [5, 5.41) is 19.0. The largest absolute Gasteiger partial charge is 0.460 e. The zero-order valence-electron chi connectivity index (χ0n) is 17.0. The lowest BCUT2D eigenvalue weighted by atomic mass is 10.2. The van der Waals surface area contributed by atoms with Crippen molar-refractivity contribution in [3.63, 3.8) is 0 Å². The van der Waals surface area contributed by atoms with Gasteiger partial charge in [0.25, 0.3) is 5.69 Å². The van der Waals surface area contributed by atoms with Gasteiger partial charge in [-0.05, 0) is 55.5 Å². The summed E-state index contributed by atoms with van der Waals surface area (Å²) in [6.07, 6.45) is 0. The highest BCUT2D eigenvalue weighted by atomic mass is 16.6. The third-order valence-electron chi connectivity index (χ3n) is 4.54. The number of azo groups is 1. The molecule has 0 aromatic heterocycles. The molecule has 0 aliphatic carbocycles. The molecule has 8 nitrogen and oxygen atoms in total. The Labute approximate surface area is 180 Å². The monoisotopic (exact) mass is 418 g/mol. The van der Waals surface area contributed by atoms with Crippen molar-refractivity contribution in [2.75, 3.05) is 24.6 Å². The molecule has 3 aromatic rings. The molecule has 3 aromatic carbocycles. The van der Waals surface area contributed by atoms with Crippen LogP contribution in [-0.2, 0) is 4.74 Å². The lowest BCUT2D eigenvalue weighted by molar-refractivity contribution is -0.384. The molecule has 0 atom stereocenters. The van der Waals surface area contributed by atoms with Crippen LogP contribution in [0.15, 0.2) is 89.1 Å². The zero-order chi connectivity index (χ0) is 22.1. The lowest BCUT2D eigenvalue weighted by Crippen LogP contribution is -2.27. The fourth-order valence-electron chi connectivity index (χ4n) is 2.86. The zero-order valence-corrected chi connectivity index (χ0v) is 17.0. The summed E-state index contributed by atoms with van der Waals surface area (Å²) >= 11 is 0. The quantitative estimate of drug-likeness (QED) is 0.192. The Morgan fingerprint density at radius 1 is 0.935 bits per heavy atom. The molecule has 0 aliphatic heterocycles. The maximum atomic E-state index is 12.0. The maximum absolute atomic E-state index is 12.0. The Morgan fingerprint density at radius 3 is 2.06 bits per heavy atom. The van der Waals surface area contributed by atoms with Gasteiger partial charge >= 0.3 is 5.97 Å². The summed E-state index contributed by atoms with van der Waals surface area (Å²) in [6, 6.07) is 22.3. The highest BCUT2D eigenvalue weighted by Crippen LogP contribution is 2.23. The molecule has 158 valence electrons. The van der Waals surface area contributed by atoms with Gasteiger partial charge in [0.05, 0.1) is 28.4 Å². The van der Waals surface area contributed by atoms with Crippen molar-refractivity contribution in [1.29, 1.82) is 0 Å². The van der Waals surface area contributed by atoms with E-state index >= 15 is 0 Å². The Morgan fingerprint density at radius 2 is 1.52 bits per heavy atom. The smallest absolute Gasteiger partial charge is 0.338 e. The lowest BCUT2D eigenvalue weighted by Gasteiger charge is -2.23. The molecular formula is C23H22N4O4. The van der Waals surface area contributed by atoms with Crippen LogP contribution in [0.25, 0.3) is 0 Å². The number of non-ortho nitro benzene ring substituents is 1. The second-order valence-electron chi connectivity index (χ2n) is 6.57. The summed E-state index contributed by atoms with van der Waals surface area (Å²) in [7, 11) is 0. The van der Waals surface area contributed by atoms with E-state index < -0.39 is 4.92 Å². The predicted molar refractivity (Wildman–Crippen MR) is 118 cm³/mol. The molecule has 0 saturated carbocycles. The van der Waals surface area contributed by atoms with E-state index in [1.807, 2.05) is 37.3 Å². The fourth-order valence-corrected chi connectivity index (χ4v) is 2.86. The Hall–Kier alpha value is -4.07. The molecule has 0 bridgehead atoms. The van der Waals surface area contributed by atoms with Gasteiger partial charge in [0.15, 0.2) is 0 Å². The van der Waals surface area contributed by atoms with E-state index in [1.54, 1.807) is 36.4 Å². The van der Waals surface area contributed by atoms with Crippen molar-refractivity contribution < 1.29 is 14.5 Å². The van der Waals surface area contributed by atoms with Gasteiger partial charge in [-0.3, -0.25) is 10.1 Å². The molecule has 8 heteroatoms. The number of nitrogens with zero attached hydrogens (tertiary/aromatic N) is 4. The number of ether oxygens (including phenoxy) is 1. The molecule has 0 spiro atoms. The third-order valence-corrected chi connectivity index (χ3v) is 4.54. The molecule has 0 saturated heterocycles. The van der Waals surface area contributed by atoms with Gasteiger partial charge in [-0.2, -0.15) is 10.2 Å². The van der Waals surface area contributed by atoms with Crippen LogP contribution in [0.3, 0.4) is 0 Å². The van der Waals surface area contributed by atoms with E-state index in [4.69, 9.17) is 4.74 Å². The first-order valence-corrected chi connectivity index (χ1v) is 9.80. The average Bonchev–Trinajstić information content (AvgIpc) is 2.81. The molecule has 0 amide bonds. The Balaban J connectivity index is 1.54. The van der Waals surface area contributed by atoms with Crippen molar-refractivity contribution >= 4 is 28.7 Å². The molecule has 0 aliphatic rings. The summed E-state index contributed by atoms with van der Waals surface area (Å²) in [5.74, 6) is -0.335. The number of hydrogen-bond donors (Lipinski definition) is 0. The predicted octanol–water partition coefficient (Wildman–Crippen LogP) is 5.69. The van der Waals surface area contributed by atoms with Gasteiger partial charge in [0.2, 0.25) is 0 Å². The Kier molecular flexibility index (Phi) is 7.42. The van der Waals surface area contributed by atoms with Gasteiger partial charge < -0.3 is 9.64 Å². The molecule has 0 N–H and O–H groups in total. The number of hydrogen-bond acceptors (Lipinski definition) is 7. The SMILES string of the molecule is CCN(CCOC(=O)c1ccccc1)c1ccc(/N=N/c2ccc([N+](=O)[O-])cc2)cc1. The molecule has 0 heterocycles. The molecule has 31 heavy (non-hydrogen) atoms. The second kappa shape index (κ2) is 10.6. The highest BCUT2D eigenvalue weighted by Gasteiger charge is 2.09. The van der Waals surface area contributed by atoms with Gasteiger partial charge in [0, 0.05) is 24.4 Å². The second-order valence-corrected chi connectivity index (χ2v) is 6.57. The number of likely N-dealkylation sites (N-methyl/N-ethyl adjacent to an activating group) is 1. The first-order valence-electron chi connectivity index (χ1n) is 9.80. The van der Waals surface area contributed by atoms with Gasteiger partial charge in [-0.1, -0.05) is 18.2 Å².